The van der Waals surface area contributed by atoms with Crippen LogP contribution in [0.25, 0.3) is 0 Å². The minimum absolute atomic E-state index is 0.443. The number of hydrogen-bond donors (Lipinski definition) is 2. The second-order valence-electron chi connectivity index (χ2n) is 5.49. The third-order valence-corrected chi connectivity index (χ3v) is 3.48. The molecule has 0 spiro atoms. The Morgan fingerprint density at radius 2 is 1.76 bits per heavy atom. The lowest BCUT2D eigenvalue weighted by Gasteiger charge is -2.12. The lowest BCUT2D eigenvalue weighted by atomic mass is 10.1. The first-order chi connectivity index (χ1) is 12.2. The fourth-order valence-electron chi connectivity index (χ4n) is 2.07. The SMILES string of the molecule is CCCCOCCOCCNC(=NC)NCCc1ccc(F)cc1F. The van der Waals surface area contributed by atoms with Crippen molar-refractivity contribution in [2.45, 2.75) is 26.2 Å². The summed E-state index contributed by atoms with van der Waals surface area (Å²) in [5.74, 6) is -0.480. The number of rotatable bonds is 12. The highest BCUT2D eigenvalue weighted by molar-refractivity contribution is 5.79. The highest BCUT2D eigenvalue weighted by Gasteiger charge is 2.04. The molecule has 0 aliphatic carbocycles. The summed E-state index contributed by atoms with van der Waals surface area (Å²) in [7, 11) is 1.66. The molecule has 0 radical (unpaired) electrons. The molecule has 0 saturated carbocycles. The Labute approximate surface area is 148 Å². The fraction of sp³-hybridized carbons (Fsp3) is 0.611. The van der Waals surface area contributed by atoms with Crippen LogP contribution in [0.1, 0.15) is 25.3 Å². The summed E-state index contributed by atoms with van der Waals surface area (Å²) >= 11 is 0. The Morgan fingerprint density at radius 3 is 2.44 bits per heavy atom. The van der Waals surface area contributed by atoms with Gasteiger partial charge in [0.2, 0.25) is 0 Å². The number of benzene rings is 1. The number of guanidine groups is 1. The van der Waals surface area contributed by atoms with E-state index in [2.05, 4.69) is 22.5 Å². The van der Waals surface area contributed by atoms with Crippen molar-refractivity contribution in [3.8, 4) is 0 Å². The van der Waals surface area contributed by atoms with Crippen molar-refractivity contribution in [3.05, 3.63) is 35.4 Å². The molecule has 1 rings (SSSR count). The predicted octanol–water partition coefficient (Wildman–Crippen LogP) is 2.51. The number of ether oxygens (including phenoxy) is 2. The number of aliphatic imine (C=N–C) groups is 1. The minimum Gasteiger partial charge on any atom is -0.379 e. The topological polar surface area (TPSA) is 54.9 Å². The summed E-state index contributed by atoms with van der Waals surface area (Å²) in [6.45, 7) is 5.74. The first-order valence-electron chi connectivity index (χ1n) is 8.71. The van der Waals surface area contributed by atoms with Gasteiger partial charge in [-0.25, -0.2) is 8.78 Å². The first kappa shape index (κ1) is 21.3. The maximum Gasteiger partial charge on any atom is 0.191 e. The number of hydrogen-bond acceptors (Lipinski definition) is 3. The van der Waals surface area contributed by atoms with Gasteiger partial charge in [0.25, 0.3) is 0 Å². The van der Waals surface area contributed by atoms with Crippen LogP contribution < -0.4 is 10.6 Å². The van der Waals surface area contributed by atoms with E-state index in [1.807, 2.05) is 0 Å². The van der Waals surface area contributed by atoms with Gasteiger partial charge >= 0.3 is 0 Å². The Bertz CT molecular complexity index is 513. The molecule has 142 valence electrons. The van der Waals surface area contributed by atoms with E-state index < -0.39 is 11.6 Å². The molecule has 0 aliphatic rings. The van der Waals surface area contributed by atoms with Crippen LogP contribution in [0.5, 0.6) is 0 Å². The second-order valence-corrected chi connectivity index (χ2v) is 5.49. The average Bonchev–Trinajstić information content (AvgIpc) is 2.60. The summed E-state index contributed by atoms with van der Waals surface area (Å²) in [4.78, 5) is 4.08. The number of halogens is 2. The normalized spacial score (nSPS) is 11.6. The van der Waals surface area contributed by atoms with Crippen molar-refractivity contribution in [2.75, 3.05) is 46.6 Å². The molecule has 1 aromatic rings. The van der Waals surface area contributed by atoms with Crippen LogP contribution in [-0.4, -0.2) is 52.5 Å². The third kappa shape index (κ3) is 9.99. The molecule has 25 heavy (non-hydrogen) atoms. The molecule has 0 bridgehead atoms. The molecule has 0 atom stereocenters. The van der Waals surface area contributed by atoms with Crippen LogP contribution in [0, 0.1) is 11.6 Å². The van der Waals surface area contributed by atoms with Crippen molar-refractivity contribution in [1.29, 1.82) is 0 Å². The standard InChI is InChI=1S/C18H29F2N3O2/c1-3-4-10-24-12-13-25-11-9-23-18(21-2)22-8-7-15-5-6-16(19)14-17(15)20/h5-6,14H,3-4,7-13H2,1-2H3,(H2,21,22,23). The molecule has 0 heterocycles. The van der Waals surface area contributed by atoms with Crippen LogP contribution in [-0.2, 0) is 15.9 Å². The first-order valence-corrected chi connectivity index (χ1v) is 8.71. The molecular formula is C18H29F2N3O2. The van der Waals surface area contributed by atoms with E-state index in [9.17, 15) is 8.78 Å². The molecule has 5 nitrogen and oxygen atoms in total. The molecule has 7 heteroatoms. The predicted molar refractivity (Wildman–Crippen MR) is 96.0 cm³/mol. The minimum atomic E-state index is -0.567. The van der Waals surface area contributed by atoms with E-state index >= 15 is 0 Å². The van der Waals surface area contributed by atoms with Crippen molar-refractivity contribution in [2.24, 2.45) is 4.99 Å². The molecule has 0 aliphatic heterocycles. The zero-order valence-electron chi connectivity index (χ0n) is 15.1. The lowest BCUT2D eigenvalue weighted by molar-refractivity contribution is 0.0487. The van der Waals surface area contributed by atoms with E-state index in [0.29, 0.717) is 50.9 Å². The van der Waals surface area contributed by atoms with Gasteiger partial charge in [-0.05, 0) is 24.5 Å². The number of nitrogens with zero attached hydrogens (tertiary/aromatic N) is 1. The van der Waals surface area contributed by atoms with Crippen molar-refractivity contribution >= 4 is 5.96 Å². The molecular weight excluding hydrogens is 328 g/mol. The molecule has 2 N–H and O–H groups in total. The highest BCUT2D eigenvalue weighted by Crippen LogP contribution is 2.09. The highest BCUT2D eigenvalue weighted by atomic mass is 19.1. The zero-order valence-corrected chi connectivity index (χ0v) is 15.1. The van der Waals surface area contributed by atoms with Crippen LogP contribution in [0.4, 0.5) is 8.78 Å². The molecule has 0 fully saturated rings. The molecule has 0 unspecified atom stereocenters. The second kappa shape index (κ2) is 13.5. The van der Waals surface area contributed by atoms with Gasteiger partial charge in [0, 0.05) is 32.8 Å². The van der Waals surface area contributed by atoms with Crippen LogP contribution in [0.3, 0.4) is 0 Å². The van der Waals surface area contributed by atoms with Gasteiger partial charge < -0.3 is 20.1 Å². The van der Waals surface area contributed by atoms with Crippen LogP contribution >= 0.6 is 0 Å². The molecule has 0 saturated heterocycles. The molecule has 1 aromatic carbocycles. The van der Waals surface area contributed by atoms with Crippen LogP contribution in [0.2, 0.25) is 0 Å². The van der Waals surface area contributed by atoms with Crippen molar-refractivity contribution < 1.29 is 18.3 Å². The van der Waals surface area contributed by atoms with Gasteiger partial charge in [0.1, 0.15) is 11.6 Å². The third-order valence-electron chi connectivity index (χ3n) is 3.48. The van der Waals surface area contributed by atoms with Gasteiger partial charge in [-0.15, -0.1) is 0 Å². The molecule has 0 aromatic heterocycles. The van der Waals surface area contributed by atoms with Crippen molar-refractivity contribution in [1.82, 2.24) is 10.6 Å². The van der Waals surface area contributed by atoms with E-state index in [-0.39, 0.29) is 0 Å². The summed E-state index contributed by atoms with van der Waals surface area (Å²) in [5, 5.41) is 6.19. The van der Waals surface area contributed by atoms with E-state index in [0.717, 1.165) is 25.5 Å². The Kier molecular flexibility index (Phi) is 11.6. The Morgan fingerprint density at radius 1 is 1.04 bits per heavy atom. The van der Waals surface area contributed by atoms with Crippen LogP contribution in [0.15, 0.2) is 23.2 Å². The number of unbranched alkanes of at least 4 members (excludes halogenated alkanes) is 1. The fourth-order valence-corrected chi connectivity index (χ4v) is 2.07. The Hall–Kier alpha value is -1.73. The maximum atomic E-state index is 13.5. The Balaban J connectivity index is 2.08. The summed E-state index contributed by atoms with van der Waals surface area (Å²) < 4.78 is 37.2. The largest absolute Gasteiger partial charge is 0.379 e. The number of nitrogens with one attached hydrogen (secondary N) is 2. The quantitative estimate of drug-likeness (QED) is 0.343. The molecule has 0 amide bonds. The summed E-state index contributed by atoms with van der Waals surface area (Å²) in [6.07, 6.45) is 2.65. The monoisotopic (exact) mass is 357 g/mol. The zero-order chi connectivity index (χ0) is 18.3. The van der Waals surface area contributed by atoms with Gasteiger partial charge in [-0.3, -0.25) is 4.99 Å². The van der Waals surface area contributed by atoms with E-state index in [1.165, 1.54) is 12.1 Å². The maximum absolute atomic E-state index is 13.5. The average molecular weight is 357 g/mol. The van der Waals surface area contributed by atoms with Gasteiger partial charge in [0.05, 0.1) is 19.8 Å². The van der Waals surface area contributed by atoms with Gasteiger partial charge in [0.15, 0.2) is 5.96 Å². The summed E-state index contributed by atoms with van der Waals surface area (Å²) in [6, 6.07) is 3.61. The van der Waals surface area contributed by atoms with Gasteiger partial charge in [-0.1, -0.05) is 19.4 Å². The van der Waals surface area contributed by atoms with Gasteiger partial charge in [-0.2, -0.15) is 0 Å². The summed E-state index contributed by atoms with van der Waals surface area (Å²) in [5.41, 5.74) is 0.468. The van der Waals surface area contributed by atoms with E-state index in [4.69, 9.17) is 9.47 Å². The van der Waals surface area contributed by atoms with Crippen molar-refractivity contribution in [3.63, 3.8) is 0 Å². The van der Waals surface area contributed by atoms with E-state index in [1.54, 1.807) is 7.05 Å². The smallest absolute Gasteiger partial charge is 0.191 e. The lowest BCUT2D eigenvalue weighted by Crippen LogP contribution is -2.40.